The number of rotatable bonds is 2. The van der Waals surface area contributed by atoms with Crippen molar-refractivity contribution in [1.82, 2.24) is 0 Å². The molecule has 126 valence electrons. The number of benzene rings is 2. The van der Waals surface area contributed by atoms with Gasteiger partial charge in [0, 0.05) is 12.8 Å². The van der Waals surface area contributed by atoms with E-state index < -0.39 is 11.4 Å². The zero-order chi connectivity index (χ0) is 16.7. The van der Waals surface area contributed by atoms with Gasteiger partial charge in [0.1, 0.15) is 6.10 Å². The summed E-state index contributed by atoms with van der Waals surface area (Å²) in [6.07, 6.45) is 8.57. The van der Waals surface area contributed by atoms with Gasteiger partial charge in [-0.15, -0.1) is 0 Å². The zero-order valence-corrected chi connectivity index (χ0v) is 13.9. The molecular weight excluding hydrogens is 312 g/mol. The monoisotopic (exact) mass is 332 g/mol. The van der Waals surface area contributed by atoms with E-state index in [2.05, 4.69) is 48.6 Å². The minimum atomic E-state index is -0.744. The molecule has 3 nitrogen and oxygen atoms in total. The van der Waals surface area contributed by atoms with Gasteiger partial charge in [0.2, 0.25) is 5.79 Å². The average molecular weight is 332 g/mol. The lowest BCUT2D eigenvalue weighted by Crippen LogP contribution is -2.52. The van der Waals surface area contributed by atoms with Gasteiger partial charge in [-0.2, -0.15) is 4.89 Å². The van der Waals surface area contributed by atoms with Crippen molar-refractivity contribution in [2.24, 2.45) is 0 Å². The molecule has 0 radical (unpaired) electrons. The molecule has 3 heteroatoms. The summed E-state index contributed by atoms with van der Waals surface area (Å²) >= 11 is 0. The van der Waals surface area contributed by atoms with Crippen molar-refractivity contribution in [2.45, 2.75) is 36.8 Å². The van der Waals surface area contributed by atoms with Crippen LogP contribution >= 0.6 is 0 Å². The second kappa shape index (κ2) is 5.67. The summed E-state index contributed by atoms with van der Waals surface area (Å²) in [5.74, 6) is -0.744. The van der Waals surface area contributed by atoms with Crippen LogP contribution in [0.3, 0.4) is 0 Å². The molecule has 25 heavy (non-hydrogen) atoms. The van der Waals surface area contributed by atoms with Crippen LogP contribution in [0.15, 0.2) is 78.9 Å². The molecule has 0 N–H and O–H groups in total. The van der Waals surface area contributed by atoms with E-state index in [4.69, 9.17) is 14.5 Å². The lowest BCUT2D eigenvalue weighted by Gasteiger charge is -2.45. The van der Waals surface area contributed by atoms with Gasteiger partial charge in [-0.3, -0.25) is 0 Å². The van der Waals surface area contributed by atoms with E-state index in [9.17, 15) is 0 Å². The molecule has 1 aliphatic heterocycles. The van der Waals surface area contributed by atoms with Crippen LogP contribution < -0.4 is 0 Å². The fraction of sp³-hybridized carbons (Fsp3) is 0.273. The molecule has 1 spiro atoms. The quantitative estimate of drug-likeness (QED) is 0.586. The topological polar surface area (TPSA) is 27.7 Å². The number of allylic oxidation sites excluding steroid dienone is 1. The molecule has 1 fully saturated rings. The Labute approximate surface area is 147 Å². The van der Waals surface area contributed by atoms with Crippen LogP contribution in [0.5, 0.6) is 0 Å². The summed E-state index contributed by atoms with van der Waals surface area (Å²) in [4.78, 5) is 12.0. The van der Waals surface area contributed by atoms with Crippen molar-refractivity contribution < 1.29 is 14.5 Å². The van der Waals surface area contributed by atoms with Gasteiger partial charge in [-0.25, -0.2) is 4.89 Å². The fourth-order valence-electron chi connectivity index (χ4n) is 4.03. The number of fused-ring (bicyclic) bond motifs is 1. The first-order chi connectivity index (χ1) is 12.3. The van der Waals surface area contributed by atoms with Crippen LogP contribution in [-0.4, -0.2) is 11.9 Å². The predicted octanol–water partition coefficient (Wildman–Crippen LogP) is 4.76. The van der Waals surface area contributed by atoms with Gasteiger partial charge >= 0.3 is 0 Å². The molecule has 5 rings (SSSR count). The maximum atomic E-state index is 6.46. The van der Waals surface area contributed by atoms with E-state index in [1.165, 1.54) is 11.1 Å². The summed E-state index contributed by atoms with van der Waals surface area (Å²) in [6.45, 7) is 0. The molecule has 2 aromatic carbocycles. The molecule has 2 aliphatic carbocycles. The highest BCUT2D eigenvalue weighted by atomic mass is 17.2. The Morgan fingerprint density at radius 2 is 1.64 bits per heavy atom. The van der Waals surface area contributed by atoms with Gasteiger partial charge in [-0.1, -0.05) is 66.7 Å². The summed E-state index contributed by atoms with van der Waals surface area (Å²) in [5, 5.41) is 0. The van der Waals surface area contributed by atoms with Crippen LogP contribution in [0, 0.1) is 0 Å². The molecule has 0 bridgehead atoms. The number of hydrogen-bond acceptors (Lipinski definition) is 3. The van der Waals surface area contributed by atoms with Gasteiger partial charge in [-0.05, 0) is 35.3 Å². The highest BCUT2D eigenvalue weighted by molar-refractivity contribution is 5.70. The Balaban J connectivity index is 1.57. The second-order valence-corrected chi connectivity index (χ2v) is 6.95. The van der Waals surface area contributed by atoms with Crippen molar-refractivity contribution in [1.29, 1.82) is 0 Å². The minimum Gasteiger partial charge on any atom is -0.333 e. The number of ether oxygens (including phenoxy) is 1. The molecule has 1 heterocycles. The summed E-state index contributed by atoms with van der Waals surface area (Å²) < 4.78 is 6.46. The molecule has 3 aliphatic rings. The number of hydrogen-bond donors (Lipinski definition) is 0. The van der Waals surface area contributed by atoms with Crippen molar-refractivity contribution in [3.8, 4) is 0 Å². The third-order valence-electron chi connectivity index (χ3n) is 5.36. The van der Waals surface area contributed by atoms with Gasteiger partial charge in [0.05, 0.1) is 0 Å². The first kappa shape index (κ1) is 15.1. The van der Waals surface area contributed by atoms with E-state index in [1.807, 2.05) is 30.3 Å². The van der Waals surface area contributed by atoms with Crippen LogP contribution in [0.25, 0.3) is 5.57 Å². The Hall–Kier alpha value is -2.20. The molecule has 0 aromatic heterocycles. The van der Waals surface area contributed by atoms with Crippen LogP contribution in [0.2, 0.25) is 0 Å². The molecular formula is C22H20O3. The molecule has 1 saturated heterocycles. The predicted molar refractivity (Wildman–Crippen MR) is 95.3 cm³/mol. The lowest BCUT2D eigenvalue weighted by atomic mass is 9.87. The molecule has 0 amide bonds. The van der Waals surface area contributed by atoms with Crippen LogP contribution in [-0.2, 0) is 20.1 Å². The van der Waals surface area contributed by atoms with Crippen molar-refractivity contribution >= 4 is 5.57 Å². The lowest BCUT2D eigenvalue weighted by molar-refractivity contribution is -0.512. The minimum absolute atomic E-state index is 0.179. The molecule has 3 unspecified atom stereocenters. The highest BCUT2D eigenvalue weighted by Crippen LogP contribution is 2.52. The maximum absolute atomic E-state index is 6.46. The van der Waals surface area contributed by atoms with E-state index >= 15 is 0 Å². The Bertz CT molecular complexity index is 827. The van der Waals surface area contributed by atoms with E-state index in [1.54, 1.807) is 0 Å². The molecule has 3 atom stereocenters. The SMILES string of the molecule is C1=CC2(CC1)OOC1(c3ccccc3)CC(c3ccccc3)=CC1O2. The Morgan fingerprint density at radius 3 is 2.36 bits per heavy atom. The van der Waals surface area contributed by atoms with E-state index in [0.717, 1.165) is 24.8 Å². The van der Waals surface area contributed by atoms with Crippen molar-refractivity contribution in [3.63, 3.8) is 0 Å². The Morgan fingerprint density at radius 1 is 0.880 bits per heavy atom. The van der Waals surface area contributed by atoms with Crippen molar-refractivity contribution in [3.05, 3.63) is 90.0 Å². The van der Waals surface area contributed by atoms with E-state index in [-0.39, 0.29) is 6.10 Å². The fourth-order valence-corrected chi connectivity index (χ4v) is 4.03. The van der Waals surface area contributed by atoms with Gasteiger partial charge in [0.15, 0.2) is 5.60 Å². The van der Waals surface area contributed by atoms with Crippen molar-refractivity contribution in [2.75, 3.05) is 0 Å². The van der Waals surface area contributed by atoms with Gasteiger partial charge < -0.3 is 4.74 Å². The third-order valence-corrected chi connectivity index (χ3v) is 5.36. The second-order valence-electron chi connectivity index (χ2n) is 6.95. The third kappa shape index (κ3) is 2.39. The van der Waals surface area contributed by atoms with Gasteiger partial charge in [0.25, 0.3) is 0 Å². The summed E-state index contributed by atoms with van der Waals surface area (Å²) in [5.41, 5.74) is 2.89. The van der Waals surface area contributed by atoms with E-state index in [0.29, 0.717) is 0 Å². The largest absolute Gasteiger partial charge is 0.333 e. The summed E-state index contributed by atoms with van der Waals surface area (Å²) in [7, 11) is 0. The zero-order valence-electron chi connectivity index (χ0n) is 13.9. The first-order valence-corrected chi connectivity index (χ1v) is 8.84. The highest BCUT2D eigenvalue weighted by Gasteiger charge is 2.56. The van der Waals surface area contributed by atoms with Crippen LogP contribution in [0.1, 0.15) is 30.4 Å². The maximum Gasteiger partial charge on any atom is 0.221 e. The average Bonchev–Trinajstić information content (AvgIpc) is 3.29. The summed E-state index contributed by atoms with van der Waals surface area (Å²) in [6, 6.07) is 20.7. The van der Waals surface area contributed by atoms with Crippen LogP contribution in [0.4, 0.5) is 0 Å². The normalized spacial score (nSPS) is 33.4. The standard InChI is InChI=1S/C22H20O3/c1-3-9-17(10-4-1)18-15-20-22(16-18,19-11-5-2-6-12-19)25-24-21(23-20)13-7-8-14-21/h1-7,9-13,15,20H,8,14,16H2. The smallest absolute Gasteiger partial charge is 0.221 e. The molecule has 0 saturated carbocycles. The first-order valence-electron chi connectivity index (χ1n) is 8.84. The molecule has 2 aromatic rings. The Kier molecular flexibility index (Phi) is 3.42.